The molecule has 0 radical (unpaired) electrons. The Morgan fingerprint density at radius 3 is 1.14 bits per heavy atom. The zero-order valence-electron chi connectivity index (χ0n) is 36.4. The lowest BCUT2D eigenvalue weighted by Crippen LogP contribution is -2.64. The maximum atomic E-state index is 12.8. The molecule has 0 aliphatic heterocycles. The van der Waals surface area contributed by atoms with Crippen molar-refractivity contribution in [3.63, 3.8) is 0 Å². The third kappa shape index (κ3) is 27.6. The maximum Gasteiger partial charge on any atom is 0.472 e. The van der Waals surface area contributed by atoms with Gasteiger partial charge in [-0.3, -0.25) is 18.6 Å². The predicted molar refractivity (Wildman–Crippen MR) is 226 cm³/mol. The van der Waals surface area contributed by atoms with Crippen molar-refractivity contribution in [1.82, 2.24) is 0 Å². The highest BCUT2D eigenvalue weighted by Gasteiger charge is 2.51. The molecule has 0 spiro atoms. The van der Waals surface area contributed by atoms with Crippen molar-refractivity contribution in [2.75, 3.05) is 13.2 Å². The fourth-order valence-electron chi connectivity index (χ4n) is 7.41. The second-order valence-corrected chi connectivity index (χ2v) is 18.0. The molecule has 6 N–H and O–H groups in total. The highest BCUT2D eigenvalue weighted by Crippen LogP contribution is 2.47. The summed E-state index contributed by atoms with van der Waals surface area (Å²) in [6.07, 6.45) is 21.6. The van der Waals surface area contributed by atoms with Gasteiger partial charge in [0.1, 0.15) is 43.2 Å². The second kappa shape index (κ2) is 35.4. The molecule has 0 bridgehead atoms. The number of hydrogen-bond donors (Lipinski definition) is 6. The molecule has 0 amide bonds. The minimum absolute atomic E-state index is 0.104. The largest absolute Gasteiger partial charge is 0.472 e. The first kappa shape index (κ1) is 54.9. The molecule has 344 valence electrons. The van der Waals surface area contributed by atoms with Crippen molar-refractivity contribution in [1.29, 1.82) is 0 Å². The summed E-state index contributed by atoms with van der Waals surface area (Å²) in [5.41, 5.74) is 0. The number of hydrogen-bond acceptors (Lipinski definition) is 12. The summed E-state index contributed by atoms with van der Waals surface area (Å²) in [5, 5.41) is 50.1. The van der Waals surface area contributed by atoms with Crippen LogP contribution < -0.4 is 0 Å². The van der Waals surface area contributed by atoms with Gasteiger partial charge >= 0.3 is 19.8 Å². The Bertz CT molecular complexity index is 1030. The first-order chi connectivity index (χ1) is 27.9. The third-order valence-electron chi connectivity index (χ3n) is 11.2. The van der Waals surface area contributed by atoms with Crippen molar-refractivity contribution in [2.24, 2.45) is 0 Å². The van der Waals surface area contributed by atoms with Crippen LogP contribution >= 0.6 is 7.82 Å². The van der Waals surface area contributed by atoms with E-state index in [4.69, 9.17) is 18.5 Å². The lowest BCUT2D eigenvalue weighted by molar-refractivity contribution is -0.220. The molecule has 0 aromatic heterocycles. The van der Waals surface area contributed by atoms with Crippen LogP contribution in [0, 0.1) is 0 Å². The molecule has 13 nitrogen and oxygen atoms in total. The van der Waals surface area contributed by atoms with Crippen LogP contribution in [0.2, 0.25) is 0 Å². The van der Waals surface area contributed by atoms with Crippen LogP contribution in [-0.2, 0) is 32.7 Å². The Balaban J connectivity index is 2.42. The predicted octanol–water partition coefficient (Wildman–Crippen LogP) is 8.89. The number of phosphoric acid groups is 1. The number of aliphatic hydroxyl groups excluding tert-OH is 5. The molecule has 0 aromatic rings. The van der Waals surface area contributed by atoms with Crippen molar-refractivity contribution in [3.8, 4) is 0 Å². The van der Waals surface area contributed by atoms with Crippen LogP contribution in [0.15, 0.2) is 0 Å². The minimum atomic E-state index is -5.11. The van der Waals surface area contributed by atoms with Gasteiger partial charge in [-0.25, -0.2) is 4.57 Å². The van der Waals surface area contributed by atoms with Crippen molar-refractivity contribution in [2.45, 2.75) is 256 Å². The number of rotatable bonds is 39. The van der Waals surface area contributed by atoms with Crippen LogP contribution in [0.25, 0.3) is 0 Å². The van der Waals surface area contributed by atoms with E-state index in [1.807, 2.05) is 0 Å². The van der Waals surface area contributed by atoms with E-state index >= 15 is 0 Å². The van der Waals surface area contributed by atoms with Crippen LogP contribution in [0.3, 0.4) is 0 Å². The molecule has 58 heavy (non-hydrogen) atoms. The van der Waals surface area contributed by atoms with E-state index < -0.39 is 75.7 Å². The smallest absolute Gasteiger partial charge is 0.462 e. The van der Waals surface area contributed by atoms with Crippen molar-refractivity contribution >= 4 is 19.8 Å². The minimum Gasteiger partial charge on any atom is -0.462 e. The molecule has 0 heterocycles. The topological polar surface area (TPSA) is 210 Å². The first-order valence-corrected chi connectivity index (χ1v) is 24.8. The molecule has 1 aliphatic carbocycles. The van der Waals surface area contributed by atoms with E-state index in [1.54, 1.807) is 0 Å². The lowest BCUT2D eigenvalue weighted by atomic mass is 9.85. The second-order valence-electron chi connectivity index (χ2n) is 16.6. The molecule has 6 unspecified atom stereocenters. The molecule has 14 heteroatoms. The summed E-state index contributed by atoms with van der Waals surface area (Å²) >= 11 is 0. The van der Waals surface area contributed by atoms with Gasteiger partial charge in [-0.2, -0.15) is 0 Å². The van der Waals surface area contributed by atoms with Crippen molar-refractivity contribution < 1.29 is 63.1 Å². The number of phosphoric ester groups is 1. The van der Waals surface area contributed by atoms with Gasteiger partial charge in [0, 0.05) is 12.8 Å². The zero-order chi connectivity index (χ0) is 42.9. The average molecular weight is 853 g/mol. The lowest BCUT2D eigenvalue weighted by Gasteiger charge is -2.41. The summed E-state index contributed by atoms with van der Waals surface area (Å²) in [6, 6.07) is 0. The quantitative estimate of drug-likeness (QED) is 0.0194. The normalized spacial score (nSPS) is 22.4. The van der Waals surface area contributed by atoms with Crippen LogP contribution in [0.4, 0.5) is 0 Å². The number of aliphatic hydroxyl groups is 5. The summed E-state index contributed by atoms with van der Waals surface area (Å²) in [5.74, 6) is -1.08. The number of ether oxygens (including phenoxy) is 2. The average Bonchev–Trinajstić information content (AvgIpc) is 3.20. The number of unbranched alkanes of at least 4 members (excludes halogenated alkanes) is 27. The van der Waals surface area contributed by atoms with Gasteiger partial charge in [0.15, 0.2) is 6.10 Å². The van der Waals surface area contributed by atoms with Gasteiger partial charge in [0.05, 0.1) is 6.61 Å². The van der Waals surface area contributed by atoms with Crippen molar-refractivity contribution in [3.05, 3.63) is 0 Å². The van der Waals surface area contributed by atoms with Crippen LogP contribution in [0.5, 0.6) is 0 Å². The van der Waals surface area contributed by atoms with Gasteiger partial charge in [-0.1, -0.05) is 187 Å². The number of carbonyl (C=O) groups excluding carboxylic acids is 2. The Kier molecular flexibility index (Phi) is 33.5. The fraction of sp³-hybridized carbons (Fsp3) is 0.955. The summed E-state index contributed by atoms with van der Waals surface area (Å²) in [4.78, 5) is 35.6. The van der Waals surface area contributed by atoms with Gasteiger partial charge in [-0.15, -0.1) is 0 Å². The van der Waals surface area contributed by atoms with E-state index in [0.717, 1.165) is 38.5 Å². The summed E-state index contributed by atoms with van der Waals surface area (Å²) in [7, 11) is -5.11. The Morgan fingerprint density at radius 1 is 0.466 bits per heavy atom. The summed E-state index contributed by atoms with van der Waals surface area (Å²) < 4.78 is 33.5. The van der Waals surface area contributed by atoms with E-state index in [2.05, 4.69) is 13.8 Å². The van der Waals surface area contributed by atoms with Crippen LogP contribution in [-0.4, -0.2) is 98.3 Å². The standard InChI is InChI=1S/C44H85O13P/c1-3-5-7-9-11-13-15-17-18-19-20-21-23-24-26-28-30-32-37(45)54-34-36(56-38(46)33-31-29-27-25-22-16-14-12-10-8-6-4-2)35-55-58(52,53)57-44-42(50)40(48)39(47)41(49)43(44)51/h36,39-44,47-51H,3-35H2,1-2H3,(H,52,53)/t36-,39?,40-,41?,42?,43?,44?/m1/s1. The van der Waals surface area contributed by atoms with E-state index in [9.17, 15) is 44.6 Å². The third-order valence-corrected chi connectivity index (χ3v) is 12.2. The molecule has 1 fully saturated rings. The Hall–Kier alpha value is -1.15. The number of carbonyl (C=O) groups is 2. The molecular weight excluding hydrogens is 767 g/mol. The van der Waals surface area contributed by atoms with Gasteiger partial charge in [-0.05, 0) is 12.8 Å². The molecule has 0 aromatic carbocycles. The van der Waals surface area contributed by atoms with E-state index in [1.165, 1.54) is 135 Å². The molecular formula is C44H85O13P. The maximum absolute atomic E-state index is 12.8. The molecule has 1 rings (SSSR count). The SMILES string of the molecule is CCCCCCCCCCCCCCCCCCCC(=O)OC[C@H](COP(=O)(O)OC1C(O)C(O)C(O)[C@@H](O)C1O)OC(=O)CCCCCCCCCCCCCC. The molecule has 1 saturated carbocycles. The van der Waals surface area contributed by atoms with E-state index in [-0.39, 0.29) is 12.8 Å². The number of esters is 2. The zero-order valence-corrected chi connectivity index (χ0v) is 37.3. The molecule has 8 atom stereocenters. The highest BCUT2D eigenvalue weighted by atomic mass is 31.2. The van der Waals surface area contributed by atoms with Crippen LogP contribution in [0.1, 0.15) is 213 Å². The first-order valence-electron chi connectivity index (χ1n) is 23.3. The van der Waals surface area contributed by atoms with E-state index in [0.29, 0.717) is 12.8 Å². The van der Waals surface area contributed by atoms with Gasteiger partial charge in [0.2, 0.25) is 0 Å². The summed E-state index contributed by atoms with van der Waals surface area (Å²) in [6.45, 7) is 3.31. The molecule has 0 saturated heterocycles. The highest BCUT2D eigenvalue weighted by molar-refractivity contribution is 7.47. The molecule has 1 aliphatic rings. The van der Waals surface area contributed by atoms with Gasteiger partial charge in [0.25, 0.3) is 0 Å². The Labute approximate surface area is 351 Å². The Morgan fingerprint density at radius 2 is 0.776 bits per heavy atom. The fourth-order valence-corrected chi connectivity index (χ4v) is 8.38. The van der Waals surface area contributed by atoms with Gasteiger partial charge < -0.3 is 39.9 Å². The monoisotopic (exact) mass is 853 g/mol.